The zero-order valence-electron chi connectivity index (χ0n) is 15.7. The Labute approximate surface area is 158 Å². The number of benzene rings is 2. The van der Waals surface area contributed by atoms with Crippen LogP contribution in [-0.4, -0.2) is 41.4 Å². The Balaban J connectivity index is 1.73. The van der Waals surface area contributed by atoms with E-state index in [1.54, 1.807) is 24.3 Å². The van der Waals surface area contributed by atoms with Crippen LogP contribution in [0.3, 0.4) is 0 Å². The number of hydrogen-bond donors (Lipinski definition) is 1. The Kier molecular flexibility index (Phi) is 5.75. The van der Waals surface area contributed by atoms with Crippen LogP contribution in [0.5, 0.6) is 0 Å². The monoisotopic (exact) mass is 373 g/mol. The van der Waals surface area contributed by atoms with Crippen molar-refractivity contribution in [2.24, 2.45) is 5.92 Å². The van der Waals surface area contributed by atoms with Gasteiger partial charge in [0.2, 0.25) is 0 Å². The molecule has 2 aromatic rings. The smallest absolute Gasteiger partial charge is 0.254 e. The van der Waals surface area contributed by atoms with Crippen molar-refractivity contribution in [1.82, 2.24) is 9.80 Å². The summed E-state index contributed by atoms with van der Waals surface area (Å²) in [6.07, 6.45) is 0. The largest absolute Gasteiger partial charge is 0.399 e. The first-order valence-corrected chi connectivity index (χ1v) is 9.17. The summed E-state index contributed by atoms with van der Waals surface area (Å²) in [4.78, 5) is 17.0. The molecule has 27 heavy (non-hydrogen) atoms. The predicted molar refractivity (Wildman–Crippen MR) is 102 cm³/mol. The van der Waals surface area contributed by atoms with E-state index in [1.165, 1.54) is 12.1 Å². The van der Waals surface area contributed by atoms with E-state index in [0.29, 0.717) is 43.0 Å². The maximum atomic E-state index is 13.5. The molecule has 0 radical (unpaired) electrons. The lowest BCUT2D eigenvalue weighted by atomic mass is 9.98. The topological polar surface area (TPSA) is 49.6 Å². The molecule has 0 spiro atoms. The second-order valence-electron chi connectivity index (χ2n) is 7.44. The van der Waals surface area contributed by atoms with Crippen LogP contribution in [0.15, 0.2) is 42.5 Å². The number of rotatable bonds is 4. The fourth-order valence-corrected chi connectivity index (χ4v) is 3.59. The number of anilines is 1. The quantitative estimate of drug-likeness (QED) is 0.834. The molecule has 0 aromatic heterocycles. The van der Waals surface area contributed by atoms with E-state index in [1.807, 2.05) is 4.90 Å². The second kappa shape index (κ2) is 8.05. The zero-order valence-corrected chi connectivity index (χ0v) is 15.7. The van der Waals surface area contributed by atoms with E-state index in [0.717, 1.165) is 6.07 Å². The first kappa shape index (κ1) is 19.3. The van der Waals surface area contributed by atoms with E-state index in [2.05, 4.69) is 18.7 Å². The summed E-state index contributed by atoms with van der Waals surface area (Å²) in [5.41, 5.74) is 7.56. The molecule has 0 saturated carbocycles. The van der Waals surface area contributed by atoms with Crippen molar-refractivity contribution in [1.29, 1.82) is 0 Å². The molecule has 2 aromatic carbocycles. The van der Waals surface area contributed by atoms with Gasteiger partial charge >= 0.3 is 0 Å². The third kappa shape index (κ3) is 4.63. The highest BCUT2D eigenvalue weighted by atomic mass is 19.1. The summed E-state index contributed by atoms with van der Waals surface area (Å²) in [6.45, 7) is 6.52. The third-order valence-corrected chi connectivity index (χ3v) is 5.02. The number of nitrogens with zero attached hydrogens (tertiary/aromatic N) is 2. The van der Waals surface area contributed by atoms with Crippen LogP contribution in [-0.2, 0) is 6.54 Å². The summed E-state index contributed by atoms with van der Waals surface area (Å²) in [7, 11) is 0. The Hall–Kier alpha value is -2.47. The molecule has 6 heteroatoms. The van der Waals surface area contributed by atoms with Gasteiger partial charge in [0.15, 0.2) is 0 Å². The standard InChI is InChI=1S/C21H25F2N3O/c1-14(2)20-13-25(12-15-9-17(22)11-18(23)10-15)7-8-26(20)21(27)16-3-5-19(24)6-4-16/h3-6,9-11,14,20H,7-8,12-13,24H2,1-2H3/t20-/m1/s1. The second-order valence-corrected chi connectivity index (χ2v) is 7.44. The number of carbonyl (C=O) groups excluding carboxylic acids is 1. The van der Waals surface area contributed by atoms with Gasteiger partial charge in [0.25, 0.3) is 5.91 Å². The molecule has 1 atom stereocenters. The van der Waals surface area contributed by atoms with Gasteiger partial charge in [-0.2, -0.15) is 0 Å². The normalized spacial score (nSPS) is 18.1. The third-order valence-electron chi connectivity index (χ3n) is 5.02. The maximum Gasteiger partial charge on any atom is 0.254 e. The number of hydrogen-bond acceptors (Lipinski definition) is 3. The first-order valence-electron chi connectivity index (χ1n) is 9.17. The number of piperazine rings is 1. The lowest BCUT2D eigenvalue weighted by Gasteiger charge is -2.43. The van der Waals surface area contributed by atoms with Gasteiger partial charge < -0.3 is 10.6 Å². The Morgan fingerprint density at radius 2 is 1.74 bits per heavy atom. The minimum atomic E-state index is -0.567. The SMILES string of the molecule is CC(C)[C@H]1CN(Cc2cc(F)cc(F)c2)CCN1C(=O)c1ccc(N)cc1. The van der Waals surface area contributed by atoms with Crippen molar-refractivity contribution in [3.8, 4) is 0 Å². The maximum absolute atomic E-state index is 13.5. The van der Waals surface area contributed by atoms with Crippen LogP contribution in [0.2, 0.25) is 0 Å². The molecule has 2 N–H and O–H groups in total. The molecular formula is C21H25F2N3O. The fraction of sp³-hybridized carbons (Fsp3) is 0.381. The minimum absolute atomic E-state index is 0.00912. The summed E-state index contributed by atoms with van der Waals surface area (Å²) in [5, 5.41) is 0. The number of halogens is 2. The number of nitrogen functional groups attached to an aromatic ring is 1. The van der Waals surface area contributed by atoms with Gasteiger partial charge in [0.1, 0.15) is 11.6 Å². The summed E-state index contributed by atoms with van der Waals surface area (Å²) >= 11 is 0. The van der Waals surface area contributed by atoms with Gasteiger partial charge in [0, 0.05) is 49.5 Å². The zero-order chi connectivity index (χ0) is 19.6. The molecule has 1 fully saturated rings. The Bertz CT molecular complexity index is 787. The molecule has 3 rings (SSSR count). The highest BCUT2D eigenvalue weighted by Gasteiger charge is 2.32. The fourth-order valence-electron chi connectivity index (χ4n) is 3.59. The molecule has 1 heterocycles. The number of carbonyl (C=O) groups is 1. The average Bonchev–Trinajstić information content (AvgIpc) is 2.61. The summed E-state index contributed by atoms with van der Waals surface area (Å²) < 4.78 is 26.9. The van der Waals surface area contributed by atoms with E-state index in [4.69, 9.17) is 5.73 Å². The molecule has 0 unspecified atom stereocenters. The van der Waals surface area contributed by atoms with Gasteiger partial charge in [-0.1, -0.05) is 13.8 Å². The summed E-state index contributed by atoms with van der Waals surface area (Å²) in [6, 6.07) is 10.6. The van der Waals surface area contributed by atoms with Crippen LogP contribution in [0.1, 0.15) is 29.8 Å². The van der Waals surface area contributed by atoms with Crippen LogP contribution in [0.25, 0.3) is 0 Å². The van der Waals surface area contributed by atoms with Gasteiger partial charge in [-0.15, -0.1) is 0 Å². The number of nitrogens with two attached hydrogens (primary N) is 1. The Morgan fingerprint density at radius 1 is 1.11 bits per heavy atom. The molecule has 1 aliphatic rings. The summed E-state index contributed by atoms with van der Waals surface area (Å²) in [5.74, 6) is -0.884. The van der Waals surface area contributed by atoms with E-state index in [9.17, 15) is 13.6 Å². The first-order chi connectivity index (χ1) is 12.8. The van der Waals surface area contributed by atoms with Gasteiger partial charge in [-0.3, -0.25) is 9.69 Å². The minimum Gasteiger partial charge on any atom is -0.399 e. The molecular weight excluding hydrogens is 348 g/mol. The van der Waals surface area contributed by atoms with Gasteiger partial charge in [-0.25, -0.2) is 8.78 Å². The molecule has 144 valence electrons. The Morgan fingerprint density at radius 3 is 2.33 bits per heavy atom. The molecule has 4 nitrogen and oxygen atoms in total. The van der Waals surface area contributed by atoms with Crippen LogP contribution in [0, 0.1) is 17.6 Å². The van der Waals surface area contributed by atoms with Crippen LogP contribution >= 0.6 is 0 Å². The van der Waals surface area contributed by atoms with Crippen molar-refractivity contribution in [3.63, 3.8) is 0 Å². The van der Waals surface area contributed by atoms with Crippen molar-refractivity contribution in [3.05, 3.63) is 65.2 Å². The highest BCUT2D eigenvalue weighted by molar-refractivity contribution is 5.94. The lowest BCUT2D eigenvalue weighted by molar-refractivity contribution is 0.0328. The van der Waals surface area contributed by atoms with E-state index >= 15 is 0 Å². The van der Waals surface area contributed by atoms with Crippen LogP contribution in [0.4, 0.5) is 14.5 Å². The molecule has 1 amide bonds. The lowest BCUT2D eigenvalue weighted by Crippen LogP contribution is -2.56. The van der Waals surface area contributed by atoms with E-state index < -0.39 is 11.6 Å². The molecule has 1 aliphatic heterocycles. The van der Waals surface area contributed by atoms with Crippen molar-refractivity contribution < 1.29 is 13.6 Å². The highest BCUT2D eigenvalue weighted by Crippen LogP contribution is 2.22. The molecule has 0 aliphatic carbocycles. The molecule has 0 bridgehead atoms. The van der Waals surface area contributed by atoms with E-state index in [-0.39, 0.29) is 17.9 Å². The average molecular weight is 373 g/mol. The van der Waals surface area contributed by atoms with Crippen molar-refractivity contribution in [2.75, 3.05) is 25.4 Å². The van der Waals surface area contributed by atoms with Gasteiger partial charge in [-0.05, 0) is 47.9 Å². The van der Waals surface area contributed by atoms with Crippen molar-refractivity contribution >= 4 is 11.6 Å². The van der Waals surface area contributed by atoms with Gasteiger partial charge in [0.05, 0.1) is 0 Å². The predicted octanol–water partition coefficient (Wildman–Crippen LogP) is 3.53. The number of amides is 1. The molecule has 1 saturated heterocycles. The van der Waals surface area contributed by atoms with Crippen LogP contribution < -0.4 is 5.73 Å². The van der Waals surface area contributed by atoms with Crippen molar-refractivity contribution in [2.45, 2.75) is 26.4 Å².